The van der Waals surface area contributed by atoms with Gasteiger partial charge in [0.1, 0.15) is 6.17 Å². The fourth-order valence-electron chi connectivity index (χ4n) is 3.82. The van der Waals surface area contributed by atoms with Crippen LogP contribution in [0.3, 0.4) is 0 Å². The summed E-state index contributed by atoms with van der Waals surface area (Å²) >= 11 is 0. The van der Waals surface area contributed by atoms with Crippen LogP contribution in [-0.4, -0.2) is 16.1 Å². The van der Waals surface area contributed by atoms with Crippen molar-refractivity contribution in [3.8, 4) is 11.4 Å². The molecule has 0 saturated heterocycles. The van der Waals surface area contributed by atoms with E-state index in [2.05, 4.69) is 48.1 Å². The normalized spacial score (nSPS) is 12.2. The molecular weight excluding hydrogens is 371 g/mol. The molecule has 1 aromatic heterocycles. The Bertz CT molecular complexity index is 666. The first-order chi connectivity index (χ1) is 14.7. The number of nitrogens with zero attached hydrogens (tertiary/aromatic N) is 2. The number of alkyl halides is 1. The summed E-state index contributed by atoms with van der Waals surface area (Å²) < 4.78 is 14.0. The fourth-order valence-corrected chi connectivity index (χ4v) is 3.82. The van der Waals surface area contributed by atoms with Gasteiger partial charge in [0.15, 0.2) is 5.82 Å². The Kier molecular flexibility index (Phi) is 12.3. The third kappa shape index (κ3) is 9.82. The van der Waals surface area contributed by atoms with Crippen molar-refractivity contribution in [3.63, 3.8) is 0 Å². The smallest absolute Gasteiger partial charge is 0.159 e. The maximum atomic E-state index is 14.0. The molecule has 1 aromatic carbocycles. The third-order valence-electron chi connectivity index (χ3n) is 5.85. The third-order valence-corrected chi connectivity index (χ3v) is 5.85. The first-order valence-electron chi connectivity index (χ1n) is 12.3. The Labute approximate surface area is 183 Å². The molecule has 1 heterocycles. The van der Waals surface area contributed by atoms with Crippen LogP contribution in [0.2, 0.25) is 0 Å². The molecule has 0 N–H and O–H groups in total. The lowest BCUT2D eigenvalue weighted by atomic mass is 10.0. The Morgan fingerprint density at radius 2 is 1.27 bits per heavy atom. The predicted molar refractivity (Wildman–Crippen MR) is 127 cm³/mol. The molecule has 0 aliphatic heterocycles. The second-order valence-corrected chi connectivity index (χ2v) is 8.61. The van der Waals surface area contributed by atoms with Gasteiger partial charge >= 0.3 is 0 Å². The Hall–Kier alpha value is -1.77. The fraction of sp³-hybridized carbons (Fsp3) is 0.630. The molecule has 1 atom stereocenters. The van der Waals surface area contributed by atoms with Gasteiger partial charge in [0.2, 0.25) is 0 Å². The summed E-state index contributed by atoms with van der Waals surface area (Å²) in [6.07, 6.45) is 18.9. The van der Waals surface area contributed by atoms with Crippen molar-refractivity contribution < 1.29 is 4.39 Å². The first kappa shape index (κ1) is 24.5. The molecule has 0 unspecified atom stereocenters. The highest BCUT2D eigenvalue weighted by Gasteiger charge is 2.07. The van der Waals surface area contributed by atoms with Gasteiger partial charge < -0.3 is 0 Å². The molecule has 2 rings (SSSR count). The summed E-state index contributed by atoms with van der Waals surface area (Å²) in [6.45, 7) is 4.44. The summed E-state index contributed by atoms with van der Waals surface area (Å²) in [5, 5.41) is 0. The Morgan fingerprint density at radius 3 is 1.93 bits per heavy atom. The van der Waals surface area contributed by atoms with Crippen LogP contribution >= 0.6 is 0 Å². The van der Waals surface area contributed by atoms with Crippen molar-refractivity contribution in [3.05, 3.63) is 47.8 Å². The average Bonchev–Trinajstić information content (AvgIpc) is 2.78. The first-order valence-corrected chi connectivity index (χ1v) is 12.3. The van der Waals surface area contributed by atoms with Crippen molar-refractivity contribution in [2.45, 2.75) is 110 Å². The van der Waals surface area contributed by atoms with Crippen molar-refractivity contribution in [2.75, 3.05) is 0 Å². The molecule has 2 aromatic rings. The topological polar surface area (TPSA) is 25.8 Å². The molecule has 3 heteroatoms. The number of rotatable bonds is 16. The van der Waals surface area contributed by atoms with E-state index in [4.69, 9.17) is 0 Å². The molecule has 0 amide bonds. The summed E-state index contributed by atoms with van der Waals surface area (Å²) in [5.74, 6) is 0.771. The molecular formula is C27H41FN2. The van der Waals surface area contributed by atoms with E-state index >= 15 is 0 Å². The summed E-state index contributed by atoms with van der Waals surface area (Å²) in [5.41, 5.74) is 3.44. The maximum Gasteiger partial charge on any atom is 0.159 e. The van der Waals surface area contributed by atoms with Gasteiger partial charge in [-0.05, 0) is 43.2 Å². The monoisotopic (exact) mass is 412 g/mol. The van der Waals surface area contributed by atoms with Crippen LogP contribution in [0, 0.1) is 0 Å². The number of hydrogen-bond acceptors (Lipinski definition) is 2. The van der Waals surface area contributed by atoms with Gasteiger partial charge in [-0.25, -0.2) is 14.4 Å². The van der Waals surface area contributed by atoms with E-state index in [9.17, 15) is 4.39 Å². The highest BCUT2D eigenvalue weighted by molar-refractivity contribution is 5.55. The van der Waals surface area contributed by atoms with Crippen LogP contribution in [0.5, 0.6) is 0 Å². The molecule has 0 spiro atoms. The number of unbranched alkanes of at least 4 members (excludes halogenated alkanes) is 8. The van der Waals surface area contributed by atoms with Crippen LogP contribution in [0.4, 0.5) is 4.39 Å². The van der Waals surface area contributed by atoms with E-state index in [0.717, 1.165) is 37.1 Å². The molecule has 0 bridgehead atoms. The van der Waals surface area contributed by atoms with Gasteiger partial charge in [-0.15, -0.1) is 0 Å². The SMILES string of the molecule is CCCCCCCCc1cnc(-c2ccc(CC[C@@H](F)CCCCCC)cc2)nc1. The minimum atomic E-state index is -0.677. The zero-order valence-corrected chi connectivity index (χ0v) is 19.2. The second kappa shape index (κ2) is 15.1. The van der Waals surface area contributed by atoms with Crippen LogP contribution in [-0.2, 0) is 12.8 Å². The lowest BCUT2D eigenvalue weighted by molar-refractivity contribution is 0.288. The van der Waals surface area contributed by atoms with Crippen molar-refractivity contribution in [1.82, 2.24) is 9.97 Å². The Morgan fingerprint density at radius 1 is 0.667 bits per heavy atom. The van der Waals surface area contributed by atoms with Gasteiger partial charge in [0.05, 0.1) is 0 Å². The molecule has 166 valence electrons. The van der Waals surface area contributed by atoms with Crippen LogP contribution in [0.1, 0.15) is 102 Å². The van der Waals surface area contributed by atoms with E-state index in [1.54, 1.807) is 0 Å². The summed E-state index contributed by atoms with van der Waals surface area (Å²) in [4.78, 5) is 9.12. The minimum Gasteiger partial charge on any atom is -0.247 e. The number of hydrogen-bond donors (Lipinski definition) is 0. The zero-order valence-electron chi connectivity index (χ0n) is 19.2. The number of aromatic nitrogens is 2. The Balaban J connectivity index is 1.72. The average molecular weight is 413 g/mol. The van der Waals surface area contributed by atoms with Gasteiger partial charge in [-0.1, -0.05) is 95.9 Å². The predicted octanol–water partition coefficient (Wildman–Crippen LogP) is 8.29. The molecule has 0 saturated carbocycles. The lowest BCUT2D eigenvalue weighted by Crippen LogP contribution is -2.02. The van der Waals surface area contributed by atoms with E-state index in [0.29, 0.717) is 12.8 Å². The van der Waals surface area contributed by atoms with Crippen molar-refractivity contribution in [1.29, 1.82) is 0 Å². The van der Waals surface area contributed by atoms with E-state index in [-0.39, 0.29) is 0 Å². The maximum absolute atomic E-state index is 14.0. The van der Waals surface area contributed by atoms with Crippen LogP contribution < -0.4 is 0 Å². The van der Waals surface area contributed by atoms with E-state index in [1.807, 2.05) is 12.4 Å². The quantitative estimate of drug-likeness (QED) is 0.259. The molecule has 0 radical (unpaired) electrons. The number of benzene rings is 1. The van der Waals surface area contributed by atoms with Gasteiger partial charge in [0.25, 0.3) is 0 Å². The minimum absolute atomic E-state index is 0.620. The lowest BCUT2D eigenvalue weighted by Gasteiger charge is -2.09. The standard InChI is InChI=1S/C27H41FN2/c1-3-5-7-9-10-11-13-24-21-29-27(30-22-24)25-18-15-23(16-19-25)17-20-26(28)14-12-8-6-4-2/h15-16,18-19,21-22,26H,3-14,17,20H2,1-2H3/t26-/m0/s1. The molecule has 0 aliphatic rings. The highest BCUT2D eigenvalue weighted by atomic mass is 19.1. The highest BCUT2D eigenvalue weighted by Crippen LogP contribution is 2.19. The van der Waals surface area contributed by atoms with E-state index < -0.39 is 6.17 Å². The largest absolute Gasteiger partial charge is 0.247 e. The zero-order chi connectivity index (χ0) is 21.4. The molecule has 0 fully saturated rings. The number of aryl methyl sites for hydroxylation is 2. The molecule has 0 aliphatic carbocycles. The summed E-state index contributed by atoms with van der Waals surface area (Å²) in [7, 11) is 0. The molecule has 30 heavy (non-hydrogen) atoms. The van der Waals surface area contributed by atoms with Crippen LogP contribution in [0.25, 0.3) is 11.4 Å². The van der Waals surface area contributed by atoms with Gasteiger partial charge in [-0.2, -0.15) is 0 Å². The number of halogens is 1. The van der Waals surface area contributed by atoms with Crippen molar-refractivity contribution >= 4 is 0 Å². The molecule has 2 nitrogen and oxygen atoms in total. The van der Waals surface area contributed by atoms with Gasteiger partial charge in [0, 0.05) is 18.0 Å². The summed E-state index contributed by atoms with van der Waals surface area (Å²) in [6, 6.07) is 8.30. The second-order valence-electron chi connectivity index (χ2n) is 8.61. The van der Waals surface area contributed by atoms with Crippen LogP contribution in [0.15, 0.2) is 36.7 Å². The van der Waals surface area contributed by atoms with Crippen molar-refractivity contribution in [2.24, 2.45) is 0 Å². The van der Waals surface area contributed by atoms with Gasteiger partial charge in [-0.3, -0.25) is 0 Å². The van der Waals surface area contributed by atoms with E-state index in [1.165, 1.54) is 62.5 Å².